The number of aliphatic hydroxyl groups excluding tert-OH is 2. The van der Waals surface area contributed by atoms with Gasteiger partial charge in [0.1, 0.15) is 6.23 Å². The van der Waals surface area contributed by atoms with E-state index in [9.17, 15) is 19.8 Å². The molecule has 1 saturated heterocycles. The summed E-state index contributed by atoms with van der Waals surface area (Å²) in [6, 6.07) is 0. The smallest absolute Gasteiger partial charge is 0.330 e. The number of rotatable bonds is 3. The van der Waals surface area contributed by atoms with E-state index in [1.54, 1.807) is 0 Å². The van der Waals surface area contributed by atoms with Crippen molar-refractivity contribution >= 4 is 0 Å². The average molecular weight is 283 g/mol. The molecule has 0 bridgehead atoms. The number of aryl methyl sites for hydroxylation is 1. The van der Waals surface area contributed by atoms with E-state index in [0.717, 1.165) is 4.57 Å². The number of azide groups is 1. The van der Waals surface area contributed by atoms with Crippen LogP contribution in [-0.4, -0.2) is 38.2 Å². The van der Waals surface area contributed by atoms with Gasteiger partial charge in [-0.3, -0.25) is 14.3 Å². The maximum absolute atomic E-state index is 11.7. The first-order valence-electron chi connectivity index (χ1n) is 5.78. The van der Waals surface area contributed by atoms with E-state index >= 15 is 0 Å². The van der Waals surface area contributed by atoms with Gasteiger partial charge in [0.05, 0.1) is 12.7 Å². The highest BCUT2D eigenvalue weighted by Gasteiger charge is 2.48. The van der Waals surface area contributed by atoms with Crippen LogP contribution in [0.2, 0.25) is 0 Å². The largest absolute Gasteiger partial charge is 0.393 e. The molecule has 1 aliphatic rings. The topological polar surface area (TPSA) is 153 Å². The molecule has 3 atom stereocenters. The van der Waals surface area contributed by atoms with Crippen molar-refractivity contribution in [3.05, 3.63) is 43.0 Å². The molecule has 0 aliphatic carbocycles. The highest BCUT2D eigenvalue weighted by molar-refractivity contribution is 5.03. The number of nitrogens with zero attached hydrogens (tertiary/aromatic N) is 4. The van der Waals surface area contributed by atoms with Gasteiger partial charge in [-0.05, 0) is 12.5 Å². The number of aromatic amines is 1. The maximum Gasteiger partial charge on any atom is 0.330 e. The average Bonchev–Trinajstić information content (AvgIpc) is 2.72. The predicted molar refractivity (Wildman–Crippen MR) is 65.8 cm³/mol. The summed E-state index contributed by atoms with van der Waals surface area (Å²) in [6.07, 6.45) is -1.01. The van der Waals surface area contributed by atoms with Gasteiger partial charge in [0.15, 0.2) is 5.72 Å². The zero-order valence-electron chi connectivity index (χ0n) is 10.6. The molecule has 0 amide bonds. The second kappa shape index (κ2) is 5.10. The van der Waals surface area contributed by atoms with E-state index in [4.69, 9.17) is 10.3 Å². The van der Waals surface area contributed by atoms with Crippen molar-refractivity contribution < 1.29 is 14.9 Å². The number of hydrogen-bond donors (Lipinski definition) is 3. The molecule has 2 heterocycles. The SMILES string of the molecule is Cc1cn([C@@H]2C[C@@H](O)[C@](CO)(N=[N+]=[N-])O2)c(=O)[nH]c1=O. The molecule has 10 nitrogen and oxygen atoms in total. The van der Waals surface area contributed by atoms with Gasteiger partial charge >= 0.3 is 5.69 Å². The van der Waals surface area contributed by atoms with Gasteiger partial charge in [-0.15, -0.1) is 0 Å². The summed E-state index contributed by atoms with van der Waals surface area (Å²) in [5.74, 6) is 0. The van der Waals surface area contributed by atoms with E-state index < -0.39 is 35.9 Å². The van der Waals surface area contributed by atoms with Crippen molar-refractivity contribution in [2.45, 2.75) is 31.4 Å². The summed E-state index contributed by atoms with van der Waals surface area (Å²) < 4.78 is 6.41. The minimum absolute atomic E-state index is 0.0645. The van der Waals surface area contributed by atoms with Crippen molar-refractivity contribution in [2.24, 2.45) is 5.11 Å². The molecule has 1 aromatic heterocycles. The highest BCUT2D eigenvalue weighted by atomic mass is 16.6. The lowest BCUT2D eigenvalue weighted by molar-refractivity contribution is -0.124. The van der Waals surface area contributed by atoms with Crippen LogP contribution in [0.1, 0.15) is 18.2 Å². The van der Waals surface area contributed by atoms with E-state index in [2.05, 4.69) is 15.0 Å². The molecule has 0 spiro atoms. The van der Waals surface area contributed by atoms with Crippen molar-refractivity contribution in [3.8, 4) is 0 Å². The molecule has 108 valence electrons. The molecule has 10 heteroatoms. The van der Waals surface area contributed by atoms with Crippen molar-refractivity contribution in [1.82, 2.24) is 9.55 Å². The quantitative estimate of drug-likeness (QED) is 0.373. The first kappa shape index (κ1) is 14.3. The van der Waals surface area contributed by atoms with Gasteiger partial charge in [-0.1, -0.05) is 5.11 Å². The summed E-state index contributed by atoms with van der Waals surface area (Å²) in [5.41, 5.74) is 5.69. The number of hydrogen-bond acceptors (Lipinski definition) is 6. The van der Waals surface area contributed by atoms with Gasteiger partial charge in [0.25, 0.3) is 5.56 Å². The van der Waals surface area contributed by atoms with E-state index in [1.807, 2.05) is 0 Å². The molecule has 1 aliphatic heterocycles. The van der Waals surface area contributed by atoms with Crippen LogP contribution in [0, 0.1) is 6.92 Å². The Labute approximate surface area is 111 Å². The summed E-state index contributed by atoms with van der Waals surface area (Å²) >= 11 is 0. The summed E-state index contributed by atoms with van der Waals surface area (Å²) in [7, 11) is 0. The van der Waals surface area contributed by atoms with E-state index in [0.29, 0.717) is 0 Å². The lowest BCUT2D eigenvalue weighted by atomic mass is 10.1. The van der Waals surface area contributed by atoms with Gasteiger partial charge in [0.2, 0.25) is 0 Å². The standard InChI is InChI=1S/C10H13N5O5/c1-5-3-15(9(19)12-8(5)18)7-2-6(17)10(4-16,20-7)13-14-11/h3,6-7,16-17H,2,4H2,1H3,(H,12,18,19)/t6-,7+,10-/m1/s1. The summed E-state index contributed by atoms with van der Waals surface area (Å²) in [5, 5.41) is 22.4. The third kappa shape index (κ3) is 2.21. The van der Waals surface area contributed by atoms with Gasteiger partial charge < -0.3 is 14.9 Å². The van der Waals surface area contributed by atoms with Crippen LogP contribution in [-0.2, 0) is 4.74 Å². The molecular weight excluding hydrogens is 270 g/mol. The van der Waals surface area contributed by atoms with Crippen molar-refractivity contribution in [3.63, 3.8) is 0 Å². The Kier molecular flexibility index (Phi) is 3.64. The number of aliphatic hydroxyl groups is 2. The summed E-state index contributed by atoms with van der Waals surface area (Å²) in [6.45, 7) is 0.776. The van der Waals surface area contributed by atoms with Gasteiger partial charge in [0, 0.05) is 23.1 Å². The maximum atomic E-state index is 11.7. The molecule has 2 rings (SSSR count). The second-order valence-electron chi connectivity index (χ2n) is 4.50. The predicted octanol–water partition coefficient (Wildman–Crippen LogP) is -0.876. The Hall–Kier alpha value is -2.13. The zero-order chi connectivity index (χ0) is 14.9. The molecule has 3 N–H and O–H groups in total. The lowest BCUT2D eigenvalue weighted by Gasteiger charge is -2.24. The number of aromatic nitrogens is 2. The molecule has 0 unspecified atom stereocenters. The van der Waals surface area contributed by atoms with Crippen LogP contribution in [0.5, 0.6) is 0 Å². The van der Waals surface area contributed by atoms with Crippen LogP contribution in [0.25, 0.3) is 10.4 Å². The van der Waals surface area contributed by atoms with Crippen LogP contribution >= 0.6 is 0 Å². The molecule has 1 aromatic rings. The van der Waals surface area contributed by atoms with Crippen LogP contribution < -0.4 is 11.2 Å². The molecular formula is C10H13N5O5. The minimum atomic E-state index is -1.83. The Morgan fingerprint density at radius 2 is 2.40 bits per heavy atom. The van der Waals surface area contributed by atoms with Crippen molar-refractivity contribution in [2.75, 3.05) is 6.61 Å². The fourth-order valence-electron chi connectivity index (χ4n) is 2.05. The normalized spacial score (nSPS) is 29.1. The Balaban J connectivity index is 2.43. The van der Waals surface area contributed by atoms with Crippen LogP contribution in [0.3, 0.4) is 0 Å². The Bertz CT molecular complexity index is 675. The Morgan fingerprint density at radius 1 is 1.70 bits per heavy atom. The van der Waals surface area contributed by atoms with Crippen LogP contribution in [0.15, 0.2) is 20.9 Å². The third-order valence-corrected chi connectivity index (χ3v) is 3.18. The fourth-order valence-corrected chi connectivity index (χ4v) is 2.05. The highest BCUT2D eigenvalue weighted by Crippen LogP contribution is 2.37. The number of nitrogens with one attached hydrogen (secondary N) is 1. The first-order valence-corrected chi connectivity index (χ1v) is 5.78. The Morgan fingerprint density at radius 3 is 3.00 bits per heavy atom. The van der Waals surface area contributed by atoms with E-state index in [-0.39, 0.29) is 12.0 Å². The molecule has 0 saturated carbocycles. The molecule has 0 radical (unpaired) electrons. The van der Waals surface area contributed by atoms with Crippen molar-refractivity contribution in [1.29, 1.82) is 0 Å². The van der Waals surface area contributed by atoms with Gasteiger partial charge in [-0.25, -0.2) is 4.79 Å². The zero-order valence-corrected chi connectivity index (χ0v) is 10.6. The number of H-pyrrole nitrogens is 1. The molecule has 20 heavy (non-hydrogen) atoms. The monoisotopic (exact) mass is 283 g/mol. The lowest BCUT2D eigenvalue weighted by Crippen LogP contribution is -2.41. The van der Waals surface area contributed by atoms with Gasteiger partial charge in [-0.2, -0.15) is 0 Å². The first-order chi connectivity index (χ1) is 9.43. The minimum Gasteiger partial charge on any atom is -0.393 e. The summed E-state index contributed by atoms with van der Waals surface area (Å²) in [4.78, 5) is 27.6. The number of ether oxygens (including phenoxy) is 1. The van der Waals surface area contributed by atoms with Crippen LogP contribution in [0.4, 0.5) is 0 Å². The molecule has 0 aromatic carbocycles. The second-order valence-corrected chi connectivity index (χ2v) is 4.50. The third-order valence-electron chi connectivity index (χ3n) is 3.18. The fraction of sp³-hybridized carbons (Fsp3) is 0.600. The molecule has 1 fully saturated rings. The van der Waals surface area contributed by atoms with E-state index in [1.165, 1.54) is 13.1 Å².